The van der Waals surface area contributed by atoms with Crippen molar-refractivity contribution in [3.8, 4) is 0 Å². The lowest BCUT2D eigenvalue weighted by atomic mass is 10.6. The fraction of sp³-hybridized carbons (Fsp3) is 0.667. The number of hydrogen-bond acceptors (Lipinski definition) is 4. The molecular weight excluding hydrogens is 178 g/mol. The Kier molecular flexibility index (Phi) is 3.00. The third kappa shape index (κ3) is 2.46. The van der Waals surface area contributed by atoms with Gasteiger partial charge in [0.05, 0.1) is 0 Å². The van der Waals surface area contributed by atoms with Gasteiger partial charge in [-0.3, -0.25) is 0 Å². The van der Waals surface area contributed by atoms with Gasteiger partial charge in [-0.1, -0.05) is 6.92 Å². The van der Waals surface area contributed by atoms with Crippen LogP contribution in [0.3, 0.4) is 0 Å². The van der Waals surface area contributed by atoms with Crippen LogP contribution in [-0.4, -0.2) is 21.0 Å². The summed E-state index contributed by atoms with van der Waals surface area (Å²) in [6, 6.07) is 0. The predicted molar refractivity (Wildman–Crippen MR) is 37.3 cm³/mol. The molecule has 0 amide bonds. The molecule has 0 radical (unpaired) electrons. The Morgan fingerprint density at radius 1 is 1.50 bits per heavy atom. The molecule has 0 saturated carbocycles. The molecular formula is C3H7NO4S2. The maximum atomic E-state index is 10.4. The van der Waals surface area contributed by atoms with Crippen molar-refractivity contribution < 1.29 is 16.8 Å². The first-order valence-corrected chi connectivity index (χ1v) is 4.99. The van der Waals surface area contributed by atoms with Gasteiger partial charge in [0.25, 0.3) is 0 Å². The summed E-state index contributed by atoms with van der Waals surface area (Å²) in [6.07, 6.45) is -0.102. The van der Waals surface area contributed by atoms with E-state index in [1.165, 1.54) is 6.92 Å². The van der Waals surface area contributed by atoms with Crippen LogP contribution in [0.25, 0.3) is 0 Å². The largest absolute Gasteiger partial charge is 0.249 e. The Morgan fingerprint density at radius 3 is 1.90 bits per heavy atom. The molecule has 0 aromatic heterocycles. The van der Waals surface area contributed by atoms with Crippen molar-refractivity contribution in [1.29, 1.82) is 0 Å². The second-order valence-electron chi connectivity index (χ2n) is 1.51. The third-order valence-electron chi connectivity index (χ3n) is 0.792. The predicted octanol–water partition coefficient (Wildman–Crippen LogP) is -1.31. The van der Waals surface area contributed by atoms with E-state index in [1.807, 2.05) is 0 Å². The molecule has 0 heterocycles. The molecule has 7 heteroatoms. The molecule has 0 fully saturated rings. The zero-order chi connectivity index (χ0) is 8.36. The van der Waals surface area contributed by atoms with Gasteiger partial charge < -0.3 is 0 Å². The molecule has 0 aromatic carbocycles. The van der Waals surface area contributed by atoms with Gasteiger partial charge in [-0.05, 0) is 6.42 Å². The van der Waals surface area contributed by atoms with Crippen LogP contribution < -0.4 is 5.14 Å². The summed E-state index contributed by atoms with van der Waals surface area (Å²) in [5.41, 5.74) is 0. The summed E-state index contributed by atoms with van der Waals surface area (Å²) in [7, 11) is -6.73. The lowest BCUT2D eigenvalue weighted by Crippen LogP contribution is -2.23. The second kappa shape index (κ2) is 3.13. The Hall–Kier alpha value is -0.400. The fourth-order valence-electron chi connectivity index (χ4n) is 0.414. The van der Waals surface area contributed by atoms with Crippen LogP contribution in [-0.2, 0) is 20.3 Å². The number of rotatable bonds is 1. The van der Waals surface area contributed by atoms with Crippen molar-refractivity contribution in [2.24, 2.45) is 5.14 Å². The highest BCUT2D eigenvalue weighted by atomic mass is 32.2. The minimum Gasteiger partial charge on any atom is -0.224 e. The molecule has 0 aliphatic heterocycles. The van der Waals surface area contributed by atoms with E-state index in [1.54, 1.807) is 0 Å². The summed E-state index contributed by atoms with van der Waals surface area (Å²) in [5, 5.41) is 4.53. The highest BCUT2D eigenvalue weighted by Gasteiger charge is 2.12. The monoisotopic (exact) mass is 185 g/mol. The molecule has 0 atom stereocenters. The molecule has 60 valence electrons. The van der Waals surface area contributed by atoms with Crippen LogP contribution >= 0.6 is 0 Å². The van der Waals surface area contributed by atoms with Crippen molar-refractivity contribution in [1.82, 2.24) is 0 Å². The average molecular weight is 185 g/mol. The van der Waals surface area contributed by atoms with Crippen LogP contribution in [0.2, 0.25) is 0 Å². The van der Waals surface area contributed by atoms with Crippen molar-refractivity contribution in [2.75, 3.05) is 0 Å². The summed E-state index contributed by atoms with van der Waals surface area (Å²) >= 11 is 0. The van der Waals surface area contributed by atoms with E-state index < -0.39 is 24.5 Å². The van der Waals surface area contributed by atoms with Gasteiger partial charge >= 0.3 is 0 Å². The molecule has 2 N–H and O–H groups in total. The van der Waals surface area contributed by atoms with E-state index in [4.69, 9.17) is 0 Å². The van der Waals surface area contributed by atoms with Crippen molar-refractivity contribution in [3.05, 3.63) is 0 Å². The van der Waals surface area contributed by atoms with Gasteiger partial charge in [-0.2, -0.15) is 8.42 Å². The van der Waals surface area contributed by atoms with Crippen LogP contribution in [0.15, 0.2) is 0 Å². The lowest BCUT2D eigenvalue weighted by molar-refractivity contribution is 0.608. The molecule has 0 aliphatic rings. The molecule has 5 nitrogen and oxygen atoms in total. The van der Waals surface area contributed by atoms with Gasteiger partial charge in [0.2, 0.25) is 20.3 Å². The van der Waals surface area contributed by atoms with E-state index in [0.29, 0.717) is 0 Å². The second-order valence-corrected chi connectivity index (χ2v) is 4.31. The molecule has 0 rings (SSSR count). The first-order chi connectivity index (χ1) is 4.39. The van der Waals surface area contributed by atoms with Gasteiger partial charge in [-0.15, -0.1) is 0 Å². The van der Waals surface area contributed by atoms with Gasteiger partial charge in [0.1, 0.15) is 0 Å². The van der Waals surface area contributed by atoms with Crippen LogP contribution in [0, 0.1) is 0 Å². The lowest BCUT2D eigenvalue weighted by Gasteiger charge is -1.90. The highest BCUT2D eigenvalue weighted by molar-refractivity contribution is 8.14. The first kappa shape index (κ1) is 9.60. The number of primary sulfonamides is 1. The van der Waals surface area contributed by atoms with Gasteiger partial charge in [-0.25, -0.2) is 13.6 Å². The highest BCUT2D eigenvalue weighted by Crippen LogP contribution is 1.88. The Balaban J connectivity index is 5.38. The molecule has 0 aromatic rings. The molecule has 0 saturated heterocycles. The molecule has 0 aliphatic carbocycles. The minimum absolute atomic E-state index is 0.102. The Bertz CT molecular complexity index is 327. The van der Waals surface area contributed by atoms with E-state index in [-0.39, 0.29) is 6.42 Å². The third-order valence-corrected chi connectivity index (χ3v) is 3.48. The first-order valence-electron chi connectivity index (χ1n) is 2.37. The topological polar surface area (TPSA) is 94.3 Å². The summed E-state index contributed by atoms with van der Waals surface area (Å²) in [6.45, 7) is 1.40. The number of sulfonamides is 1. The van der Waals surface area contributed by atoms with E-state index >= 15 is 0 Å². The molecule has 0 bridgehead atoms. The van der Waals surface area contributed by atoms with Crippen LogP contribution in [0.4, 0.5) is 0 Å². The minimum atomic E-state index is -4.01. The van der Waals surface area contributed by atoms with E-state index in [0.717, 1.165) is 0 Å². The zero-order valence-corrected chi connectivity index (χ0v) is 6.87. The van der Waals surface area contributed by atoms with Gasteiger partial charge in [0.15, 0.2) is 4.20 Å². The summed E-state index contributed by atoms with van der Waals surface area (Å²) in [4.78, 5) is 0. The normalized spacial score (nSPS) is 11.0. The Morgan fingerprint density at radius 2 is 1.90 bits per heavy atom. The van der Waals surface area contributed by atoms with Gasteiger partial charge in [0, 0.05) is 0 Å². The smallest absolute Gasteiger partial charge is 0.224 e. The Labute approximate surface area is 60.4 Å². The molecule has 0 unspecified atom stereocenters. The van der Waals surface area contributed by atoms with Crippen LogP contribution in [0.1, 0.15) is 13.3 Å². The zero-order valence-electron chi connectivity index (χ0n) is 5.23. The van der Waals surface area contributed by atoms with Crippen molar-refractivity contribution >= 4 is 24.5 Å². The average Bonchev–Trinajstić information content (AvgIpc) is 1.60. The van der Waals surface area contributed by atoms with E-state index in [2.05, 4.69) is 5.14 Å². The maximum Gasteiger partial charge on any atom is 0.249 e. The summed E-state index contributed by atoms with van der Waals surface area (Å²) < 4.78 is 40.2. The standard InChI is InChI=1S/C3H7NO4S2/c1-2-3(9(5)6)10(4,7)8/h2H2,1H3,(H2,4,7,8). The number of nitrogens with two attached hydrogens (primary N) is 1. The fourth-order valence-corrected chi connectivity index (χ4v) is 1.81. The number of hydrogen-bond donors (Lipinski definition) is 1. The summed E-state index contributed by atoms with van der Waals surface area (Å²) in [5.74, 6) is 0. The van der Waals surface area contributed by atoms with E-state index in [9.17, 15) is 16.8 Å². The maximum absolute atomic E-state index is 10.4. The van der Waals surface area contributed by atoms with Crippen molar-refractivity contribution in [2.45, 2.75) is 13.3 Å². The van der Waals surface area contributed by atoms with Crippen molar-refractivity contribution in [3.63, 3.8) is 0 Å². The molecule has 10 heavy (non-hydrogen) atoms. The SMILES string of the molecule is CCC(=S(=O)=O)S(N)(=O)=O. The molecule has 0 spiro atoms. The van der Waals surface area contributed by atoms with Crippen LogP contribution in [0.5, 0.6) is 0 Å². The quantitative estimate of drug-likeness (QED) is 0.513.